The fourth-order valence-corrected chi connectivity index (χ4v) is 2.31. The molecule has 1 aromatic rings. The third-order valence-corrected chi connectivity index (χ3v) is 3.37. The zero-order valence-corrected chi connectivity index (χ0v) is 13.4. The SMILES string of the molecule is COC(=O)c1cc(CN2C(=O)C(=O)N(CC(C)C)C2=O)oc1C. The first kappa shape index (κ1) is 16.7. The molecule has 0 aromatic carbocycles. The first-order chi connectivity index (χ1) is 10.8. The number of carbonyl (C=O) groups excluding carboxylic acids is 4. The number of esters is 1. The number of furan rings is 1. The number of hydrogen-bond donors (Lipinski definition) is 0. The molecular weight excluding hydrogens is 304 g/mol. The van der Waals surface area contributed by atoms with E-state index in [9.17, 15) is 19.2 Å². The number of amides is 4. The molecule has 0 unspecified atom stereocenters. The van der Waals surface area contributed by atoms with E-state index in [2.05, 4.69) is 4.74 Å². The number of aryl methyl sites for hydroxylation is 1. The minimum atomic E-state index is -0.899. The highest BCUT2D eigenvalue weighted by molar-refractivity contribution is 6.44. The summed E-state index contributed by atoms with van der Waals surface area (Å²) < 4.78 is 9.98. The molecule has 23 heavy (non-hydrogen) atoms. The summed E-state index contributed by atoms with van der Waals surface area (Å²) in [7, 11) is 1.24. The van der Waals surface area contributed by atoms with Gasteiger partial charge in [0.1, 0.15) is 17.1 Å². The summed E-state index contributed by atoms with van der Waals surface area (Å²) in [6.45, 7) is 5.21. The topological polar surface area (TPSA) is 97.1 Å². The van der Waals surface area contributed by atoms with Crippen molar-refractivity contribution in [2.45, 2.75) is 27.3 Å². The Balaban J connectivity index is 2.20. The number of rotatable bonds is 5. The van der Waals surface area contributed by atoms with Crippen LogP contribution in [0.25, 0.3) is 0 Å². The summed E-state index contributed by atoms with van der Waals surface area (Å²) in [4.78, 5) is 49.4. The summed E-state index contributed by atoms with van der Waals surface area (Å²) in [5, 5.41) is 0. The van der Waals surface area contributed by atoms with Gasteiger partial charge in [-0.25, -0.2) is 14.5 Å². The van der Waals surface area contributed by atoms with Crippen molar-refractivity contribution in [3.63, 3.8) is 0 Å². The molecule has 124 valence electrons. The van der Waals surface area contributed by atoms with Crippen molar-refractivity contribution in [3.05, 3.63) is 23.2 Å². The molecule has 0 atom stereocenters. The molecule has 1 aliphatic rings. The second kappa shape index (κ2) is 6.23. The summed E-state index contributed by atoms with van der Waals surface area (Å²) in [5.74, 6) is -1.73. The Morgan fingerprint density at radius 1 is 1.22 bits per heavy atom. The number of ether oxygens (including phenoxy) is 1. The maximum Gasteiger partial charge on any atom is 0.341 e. The van der Waals surface area contributed by atoms with Crippen LogP contribution in [-0.4, -0.2) is 47.3 Å². The molecule has 0 spiro atoms. The number of carbonyl (C=O) groups is 4. The molecule has 8 nitrogen and oxygen atoms in total. The highest BCUT2D eigenvalue weighted by Gasteiger charge is 2.44. The Morgan fingerprint density at radius 2 is 1.83 bits per heavy atom. The lowest BCUT2D eigenvalue weighted by molar-refractivity contribution is -0.143. The predicted molar refractivity (Wildman–Crippen MR) is 77.3 cm³/mol. The second-order valence-corrected chi connectivity index (χ2v) is 5.66. The molecule has 4 amide bonds. The summed E-state index contributed by atoms with van der Waals surface area (Å²) in [6.07, 6.45) is 0. The van der Waals surface area contributed by atoms with Crippen molar-refractivity contribution in [1.29, 1.82) is 0 Å². The van der Waals surface area contributed by atoms with Crippen molar-refractivity contribution < 1.29 is 28.3 Å². The van der Waals surface area contributed by atoms with Crippen LogP contribution in [0, 0.1) is 12.8 Å². The second-order valence-electron chi connectivity index (χ2n) is 5.66. The lowest BCUT2D eigenvalue weighted by atomic mass is 10.2. The molecule has 1 aliphatic heterocycles. The first-order valence-corrected chi connectivity index (χ1v) is 7.11. The average Bonchev–Trinajstić information content (AvgIpc) is 2.95. The number of nitrogens with zero attached hydrogens (tertiary/aromatic N) is 2. The molecule has 1 aromatic heterocycles. The molecule has 0 radical (unpaired) electrons. The van der Waals surface area contributed by atoms with Crippen LogP contribution < -0.4 is 0 Å². The van der Waals surface area contributed by atoms with Gasteiger partial charge in [0, 0.05) is 6.54 Å². The van der Waals surface area contributed by atoms with Gasteiger partial charge in [0.2, 0.25) is 0 Å². The minimum absolute atomic E-state index is 0.0486. The molecule has 0 aliphatic carbocycles. The Morgan fingerprint density at radius 3 is 2.39 bits per heavy atom. The van der Waals surface area contributed by atoms with E-state index in [0.29, 0.717) is 5.76 Å². The molecule has 0 N–H and O–H groups in total. The van der Waals surface area contributed by atoms with Crippen molar-refractivity contribution in [3.8, 4) is 0 Å². The highest BCUT2D eigenvalue weighted by Crippen LogP contribution is 2.21. The first-order valence-electron chi connectivity index (χ1n) is 7.11. The van der Waals surface area contributed by atoms with Gasteiger partial charge >= 0.3 is 23.8 Å². The maximum atomic E-state index is 12.2. The van der Waals surface area contributed by atoms with E-state index in [0.717, 1.165) is 9.80 Å². The highest BCUT2D eigenvalue weighted by atomic mass is 16.5. The van der Waals surface area contributed by atoms with Gasteiger partial charge in [-0.2, -0.15) is 0 Å². The third-order valence-electron chi connectivity index (χ3n) is 3.37. The maximum absolute atomic E-state index is 12.2. The lowest BCUT2D eigenvalue weighted by Crippen LogP contribution is -2.35. The van der Waals surface area contributed by atoms with E-state index >= 15 is 0 Å². The summed E-state index contributed by atoms with van der Waals surface area (Å²) in [5.41, 5.74) is 0.215. The average molecular weight is 322 g/mol. The van der Waals surface area contributed by atoms with Crippen LogP contribution in [0.4, 0.5) is 4.79 Å². The van der Waals surface area contributed by atoms with E-state index < -0.39 is 23.8 Å². The van der Waals surface area contributed by atoms with Crippen LogP contribution in [0.3, 0.4) is 0 Å². The molecule has 2 heterocycles. The van der Waals surface area contributed by atoms with Crippen molar-refractivity contribution in [1.82, 2.24) is 9.80 Å². The van der Waals surface area contributed by atoms with E-state index in [1.165, 1.54) is 13.2 Å². The van der Waals surface area contributed by atoms with E-state index in [-0.39, 0.29) is 30.3 Å². The van der Waals surface area contributed by atoms with Crippen LogP contribution in [0.2, 0.25) is 0 Å². The van der Waals surface area contributed by atoms with Gasteiger partial charge in [0.15, 0.2) is 0 Å². The zero-order valence-electron chi connectivity index (χ0n) is 13.4. The van der Waals surface area contributed by atoms with E-state index in [4.69, 9.17) is 4.42 Å². The van der Waals surface area contributed by atoms with Crippen LogP contribution in [0.1, 0.15) is 35.7 Å². The standard InChI is InChI=1S/C15H18N2O6/c1-8(2)6-16-12(18)13(19)17(15(16)21)7-10-5-11(9(3)23-10)14(20)22-4/h5,8H,6-7H2,1-4H3. The van der Waals surface area contributed by atoms with Gasteiger partial charge in [-0.1, -0.05) is 13.8 Å². The normalized spacial score (nSPS) is 15.1. The van der Waals surface area contributed by atoms with Gasteiger partial charge in [0.25, 0.3) is 0 Å². The number of hydrogen-bond acceptors (Lipinski definition) is 6. The fourth-order valence-electron chi connectivity index (χ4n) is 2.31. The predicted octanol–water partition coefficient (Wildman–Crippen LogP) is 1.32. The fraction of sp³-hybridized carbons (Fsp3) is 0.467. The van der Waals surface area contributed by atoms with Gasteiger partial charge in [-0.15, -0.1) is 0 Å². The lowest BCUT2D eigenvalue weighted by Gasteiger charge is -2.16. The molecule has 2 rings (SSSR count). The Hall–Kier alpha value is -2.64. The zero-order chi connectivity index (χ0) is 17.3. The van der Waals surface area contributed by atoms with Crippen molar-refractivity contribution >= 4 is 23.8 Å². The van der Waals surface area contributed by atoms with Crippen LogP contribution >= 0.6 is 0 Å². The van der Waals surface area contributed by atoms with Gasteiger partial charge in [-0.05, 0) is 18.9 Å². The summed E-state index contributed by atoms with van der Waals surface area (Å²) in [6, 6.07) is 0.722. The third kappa shape index (κ3) is 3.10. The van der Waals surface area contributed by atoms with Gasteiger partial charge in [0.05, 0.1) is 13.7 Å². The smallest absolute Gasteiger partial charge is 0.341 e. The molecule has 0 saturated carbocycles. The van der Waals surface area contributed by atoms with Crippen molar-refractivity contribution in [2.75, 3.05) is 13.7 Å². The van der Waals surface area contributed by atoms with Crippen LogP contribution in [0.15, 0.2) is 10.5 Å². The van der Waals surface area contributed by atoms with E-state index in [1.54, 1.807) is 6.92 Å². The van der Waals surface area contributed by atoms with Gasteiger partial charge in [-0.3, -0.25) is 14.5 Å². The Kier molecular flexibility index (Phi) is 4.53. The van der Waals surface area contributed by atoms with Gasteiger partial charge < -0.3 is 9.15 Å². The van der Waals surface area contributed by atoms with Crippen LogP contribution in [-0.2, 0) is 20.9 Å². The number of urea groups is 1. The number of imide groups is 2. The monoisotopic (exact) mass is 322 g/mol. The quantitative estimate of drug-likeness (QED) is 0.461. The molecular formula is C15H18N2O6. The summed E-state index contributed by atoms with van der Waals surface area (Å²) >= 11 is 0. The van der Waals surface area contributed by atoms with Crippen molar-refractivity contribution in [2.24, 2.45) is 5.92 Å². The minimum Gasteiger partial charge on any atom is -0.465 e. The molecule has 1 fully saturated rings. The molecule has 0 bridgehead atoms. The van der Waals surface area contributed by atoms with Crippen LogP contribution in [0.5, 0.6) is 0 Å². The largest absolute Gasteiger partial charge is 0.465 e. The van der Waals surface area contributed by atoms with E-state index in [1.807, 2.05) is 13.8 Å². The Bertz CT molecular complexity index is 676. The molecule has 8 heteroatoms. The number of methoxy groups -OCH3 is 1. The molecule has 1 saturated heterocycles. The Labute approximate surface area is 133 Å².